The molecule has 0 amide bonds. The zero-order valence-electron chi connectivity index (χ0n) is 16.7. The molecular weight excluding hydrogens is 357 g/mol. The maximum atomic E-state index is 13.3. The third kappa shape index (κ3) is 4.77. The van der Waals surface area contributed by atoms with Gasteiger partial charge in [-0.3, -0.25) is 4.90 Å². The third-order valence-corrected chi connectivity index (χ3v) is 6.03. The van der Waals surface area contributed by atoms with Crippen molar-refractivity contribution < 1.29 is 9.13 Å². The molecule has 2 aromatic rings. The standard InChI is InChI=1S/C21H30FN5O/c1-25-20(16-27-11-13-28-14-12-27)23-24-21(25)18-6-9-26(10-7-18)8-5-17-3-2-4-19(22)15-17/h2-4,15,18H,5-14,16H2,1H3. The molecule has 0 N–H and O–H groups in total. The summed E-state index contributed by atoms with van der Waals surface area (Å²) in [5, 5.41) is 9.00. The van der Waals surface area contributed by atoms with Crippen molar-refractivity contribution in [2.24, 2.45) is 7.05 Å². The van der Waals surface area contributed by atoms with Crippen molar-refractivity contribution in [1.29, 1.82) is 0 Å². The van der Waals surface area contributed by atoms with Gasteiger partial charge in [-0.1, -0.05) is 12.1 Å². The number of hydrogen-bond donors (Lipinski definition) is 0. The molecule has 0 unspecified atom stereocenters. The molecule has 0 aliphatic carbocycles. The Kier molecular flexibility index (Phi) is 6.34. The minimum atomic E-state index is -0.147. The number of morpholine rings is 1. The Morgan fingerprint density at radius 2 is 1.86 bits per heavy atom. The van der Waals surface area contributed by atoms with Crippen LogP contribution in [-0.2, 0) is 24.8 Å². The lowest BCUT2D eigenvalue weighted by Crippen LogP contribution is -2.36. The molecule has 2 aliphatic rings. The zero-order chi connectivity index (χ0) is 19.3. The van der Waals surface area contributed by atoms with Crippen LogP contribution >= 0.6 is 0 Å². The molecule has 0 radical (unpaired) electrons. The van der Waals surface area contributed by atoms with Gasteiger partial charge in [-0.2, -0.15) is 0 Å². The van der Waals surface area contributed by atoms with E-state index in [1.54, 1.807) is 12.1 Å². The van der Waals surface area contributed by atoms with Crippen LogP contribution in [0.5, 0.6) is 0 Å². The van der Waals surface area contributed by atoms with E-state index in [1.165, 1.54) is 6.07 Å². The number of rotatable bonds is 6. The van der Waals surface area contributed by atoms with Crippen molar-refractivity contribution in [3.8, 4) is 0 Å². The summed E-state index contributed by atoms with van der Waals surface area (Å²) in [6.45, 7) is 7.49. The van der Waals surface area contributed by atoms with E-state index in [-0.39, 0.29) is 5.82 Å². The van der Waals surface area contributed by atoms with Crippen LogP contribution in [0.15, 0.2) is 24.3 Å². The highest BCUT2D eigenvalue weighted by Crippen LogP contribution is 2.27. The highest BCUT2D eigenvalue weighted by molar-refractivity contribution is 5.16. The molecule has 6 nitrogen and oxygen atoms in total. The monoisotopic (exact) mass is 387 g/mol. The molecule has 1 aromatic heterocycles. The summed E-state index contributed by atoms with van der Waals surface area (Å²) in [6, 6.07) is 6.94. The van der Waals surface area contributed by atoms with Gasteiger partial charge in [0.25, 0.3) is 0 Å². The van der Waals surface area contributed by atoms with Crippen molar-refractivity contribution in [3.63, 3.8) is 0 Å². The van der Waals surface area contributed by atoms with E-state index in [1.807, 2.05) is 6.07 Å². The van der Waals surface area contributed by atoms with Gasteiger partial charge in [0.05, 0.1) is 19.8 Å². The normalized spacial score (nSPS) is 19.9. The molecular formula is C21H30FN5O. The van der Waals surface area contributed by atoms with E-state index in [9.17, 15) is 4.39 Å². The molecule has 1 aromatic carbocycles. The fraction of sp³-hybridized carbons (Fsp3) is 0.619. The minimum Gasteiger partial charge on any atom is -0.379 e. The zero-order valence-corrected chi connectivity index (χ0v) is 16.7. The summed E-state index contributed by atoms with van der Waals surface area (Å²) in [5.74, 6) is 2.49. The van der Waals surface area contributed by atoms with Crippen LogP contribution in [0.3, 0.4) is 0 Å². The van der Waals surface area contributed by atoms with E-state index in [0.717, 1.165) is 89.0 Å². The summed E-state index contributed by atoms with van der Waals surface area (Å²) >= 11 is 0. The Morgan fingerprint density at radius 1 is 1.07 bits per heavy atom. The maximum Gasteiger partial charge on any atom is 0.146 e. The van der Waals surface area contributed by atoms with Gasteiger partial charge in [0.2, 0.25) is 0 Å². The Morgan fingerprint density at radius 3 is 2.61 bits per heavy atom. The molecule has 28 heavy (non-hydrogen) atoms. The van der Waals surface area contributed by atoms with Crippen molar-refractivity contribution in [1.82, 2.24) is 24.6 Å². The Balaban J connectivity index is 1.27. The van der Waals surface area contributed by atoms with E-state index in [0.29, 0.717) is 5.92 Å². The van der Waals surface area contributed by atoms with Crippen molar-refractivity contribution in [2.75, 3.05) is 45.9 Å². The Hall–Kier alpha value is -1.83. The van der Waals surface area contributed by atoms with Crippen LogP contribution in [0.2, 0.25) is 0 Å². The van der Waals surface area contributed by atoms with Gasteiger partial charge in [0, 0.05) is 32.6 Å². The van der Waals surface area contributed by atoms with E-state index < -0.39 is 0 Å². The van der Waals surface area contributed by atoms with E-state index in [4.69, 9.17) is 4.74 Å². The second kappa shape index (κ2) is 9.11. The predicted octanol–water partition coefficient (Wildman–Crippen LogP) is 2.21. The Labute approximate surface area is 166 Å². The quantitative estimate of drug-likeness (QED) is 0.761. The fourth-order valence-electron chi connectivity index (χ4n) is 4.22. The number of halogens is 1. The topological polar surface area (TPSA) is 46.4 Å². The Bertz CT molecular complexity index is 766. The van der Waals surface area contributed by atoms with E-state index in [2.05, 4.69) is 31.6 Å². The smallest absolute Gasteiger partial charge is 0.146 e. The molecule has 0 spiro atoms. The molecule has 2 saturated heterocycles. The first-order valence-corrected chi connectivity index (χ1v) is 10.3. The average molecular weight is 388 g/mol. The lowest BCUT2D eigenvalue weighted by molar-refractivity contribution is 0.0326. The first-order valence-electron chi connectivity index (χ1n) is 10.3. The largest absolute Gasteiger partial charge is 0.379 e. The van der Waals surface area contributed by atoms with E-state index >= 15 is 0 Å². The number of benzene rings is 1. The number of ether oxygens (including phenoxy) is 1. The minimum absolute atomic E-state index is 0.147. The molecule has 2 aliphatic heterocycles. The van der Waals surface area contributed by atoms with Crippen LogP contribution in [0.1, 0.15) is 36.0 Å². The van der Waals surface area contributed by atoms with Crippen LogP contribution in [-0.4, -0.2) is 70.5 Å². The summed E-state index contributed by atoms with van der Waals surface area (Å²) in [7, 11) is 2.10. The number of aromatic nitrogens is 3. The second-order valence-corrected chi connectivity index (χ2v) is 7.92. The third-order valence-electron chi connectivity index (χ3n) is 6.03. The van der Waals surface area contributed by atoms with Gasteiger partial charge in [0.1, 0.15) is 17.5 Å². The first-order chi connectivity index (χ1) is 13.7. The van der Waals surface area contributed by atoms with Crippen LogP contribution in [0.25, 0.3) is 0 Å². The summed E-state index contributed by atoms with van der Waals surface area (Å²) in [6.07, 6.45) is 3.11. The van der Waals surface area contributed by atoms with Crippen molar-refractivity contribution in [2.45, 2.75) is 31.7 Å². The number of nitrogens with zero attached hydrogens (tertiary/aromatic N) is 5. The fourth-order valence-corrected chi connectivity index (χ4v) is 4.22. The first kappa shape index (κ1) is 19.5. The van der Waals surface area contributed by atoms with Gasteiger partial charge in [-0.05, 0) is 50.0 Å². The van der Waals surface area contributed by atoms with Crippen molar-refractivity contribution in [3.05, 3.63) is 47.3 Å². The van der Waals surface area contributed by atoms with Crippen molar-refractivity contribution >= 4 is 0 Å². The average Bonchev–Trinajstić information content (AvgIpc) is 3.08. The summed E-state index contributed by atoms with van der Waals surface area (Å²) < 4.78 is 20.9. The second-order valence-electron chi connectivity index (χ2n) is 7.92. The highest BCUT2D eigenvalue weighted by atomic mass is 19.1. The van der Waals surface area contributed by atoms with Crippen LogP contribution < -0.4 is 0 Å². The lowest BCUT2D eigenvalue weighted by Gasteiger charge is -2.31. The SMILES string of the molecule is Cn1c(CN2CCOCC2)nnc1C1CCN(CCc2cccc(F)c2)CC1. The van der Waals surface area contributed by atoms with Crippen LogP contribution in [0.4, 0.5) is 4.39 Å². The molecule has 152 valence electrons. The molecule has 3 heterocycles. The number of piperidine rings is 1. The number of hydrogen-bond acceptors (Lipinski definition) is 5. The van der Waals surface area contributed by atoms with Gasteiger partial charge < -0.3 is 14.2 Å². The predicted molar refractivity (Wildman–Crippen MR) is 106 cm³/mol. The molecule has 0 atom stereocenters. The van der Waals surface area contributed by atoms with Crippen LogP contribution in [0, 0.1) is 5.82 Å². The summed E-state index contributed by atoms with van der Waals surface area (Å²) in [4.78, 5) is 4.86. The van der Waals surface area contributed by atoms with Gasteiger partial charge in [0.15, 0.2) is 0 Å². The number of likely N-dealkylation sites (tertiary alicyclic amines) is 1. The molecule has 7 heteroatoms. The van der Waals surface area contributed by atoms with Gasteiger partial charge >= 0.3 is 0 Å². The van der Waals surface area contributed by atoms with Gasteiger partial charge in [-0.25, -0.2) is 4.39 Å². The highest BCUT2D eigenvalue weighted by Gasteiger charge is 2.25. The molecule has 2 fully saturated rings. The van der Waals surface area contributed by atoms with Gasteiger partial charge in [-0.15, -0.1) is 10.2 Å². The molecule has 0 saturated carbocycles. The maximum absolute atomic E-state index is 13.3. The molecule has 0 bridgehead atoms. The lowest BCUT2D eigenvalue weighted by atomic mass is 9.95. The molecule has 4 rings (SSSR count). The summed E-state index contributed by atoms with van der Waals surface area (Å²) in [5.41, 5.74) is 1.07.